The molecule has 196 valence electrons. The number of benzene rings is 4. The van der Waals surface area contributed by atoms with Crippen molar-refractivity contribution < 1.29 is 30.0 Å². The molecule has 0 aromatic heterocycles. The lowest BCUT2D eigenvalue weighted by Crippen LogP contribution is -2.17. The Hall–Kier alpha value is -4.07. The van der Waals surface area contributed by atoms with Crippen LogP contribution in [0, 0.1) is 13.8 Å². The molecule has 6 N–H and O–H groups in total. The molecule has 0 fully saturated rings. The van der Waals surface area contributed by atoms with Gasteiger partial charge in [-0.1, -0.05) is 53.6 Å². The topological polar surface area (TPSA) is 141 Å². The number of phenolic OH excluding ortho intramolecular Hbond substituents is 2. The molecule has 4 aromatic carbocycles. The minimum atomic E-state index is -0.875. The lowest BCUT2D eigenvalue weighted by atomic mass is 10.0. The van der Waals surface area contributed by atoms with E-state index in [9.17, 15) is 19.8 Å². The van der Waals surface area contributed by atoms with Crippen LogP contribution in [0.25, 0.3) is 10.8 Å². The number of carboxylic acid groups (broad SMARTS) is 2. The van der Waals surface area contributed by atoms with Gasteiger partial charge in [-0.25, -0.2) is 9.59 Å². The zero-order valence-electron chi connectivity index (χ0n) is 20.9. The van der Waals surface area contributed by atoms with Gasteiger partial charge in [0.2, 0.25) is 0 Å². The van der Waals surface area contributed by atoms with Crippen molar-refractivity contribution in [3.63, 3.8) is 0 Å². The summed E-state index contributed by atoms with van der Waals surface area (Å²) in [5.74, 6) is -1.93. The fraction of sp³-hybridized carbons (Fsp3) is 0.172. The predicted octanol–water partition coefficient (Wildman–Crippen LogP) is 5.95. The average molecular weight is 526 g/mol. The van der Waals surface area contributed by atoms with Gasteiger partial charge in [-0.15, -0.1) is 12.4 Å². The van der Waals surface area contributed by atoms with E-state index in [-0.39, 0.29) is 29.9 Å². The summed E-state index contributed by atoms with van der Waals surface area (Å²) in [5.41, 5.74) is 9.69. The van der Waals surface area contributed by atoms with Gasteiger partial charge in [0, 0.05) is 6.04 Å². The fourth-order valence-electron chi connectivity index (χ4n) is 3.21. The summed E-state index contributed by atoms with van der Waals surface area (Å²) in [6, 6.07) is 22.6. The molecule has 8 heteroatoms. The van der Waals surface area contributed by atoms with Gasteiger partial charge in [0.25, 0.3) is 0 Å². The molecule has 0 aliphatic rings. The van der Waals surface area contributed by atoms with Gasteiger partial charge in [0.05, 0.1) is 11.1 Å². The van der Waals surface area contributed by atoms with Crippen LogP contribution in [0.4, 0.5) is 0 Å². The number of carboxylic acids is 2. The number of carbonyl (C=O) groups is 2. The van der Waals surface area contributed by atoms with Gasteiger partial charge in [0.1, 0.15) is 0 Å². The van der Waals surface area contributed by atoms with E-state index in [0.717, 1.165) is 33.9 Å². The average Bonchev–Trinajstić information content (AvgIpc) is 2.81. The molecule has 0 heterocycles. The fourth-order valence-corrected chi connectivity index (χ4v) is 3.21. The maximum atomic E-state index is 10.3. The van der Waals surface area contributed by atoms with Gasteiger partial charge < -0.3 is 26.2 Å². The van der Waals surface area contributed by atoms with Gasteiger partial charge in [0.15, 0.2) is 11.5 Å². The summed E-state index contributed by atoms with van der Waals surface area (Å²) in [4.78, 5) is 20.6. The van der Waals surface area contributed by atoms with Crippen LogP contribution in [0.5, 0.6) is 11.5 Å². The van der Waals surface area contributed by atoms with Crippen molar-refractivity contribution >= 4 is 35.1 Å². The third-order valence-corrected chi connectivity index (χ3v) is 5.15. The highest BCUT2D eigenvalue weighted by atomic mass is 35.5. The maximum absolute atomic E-state index is 10.3. The Balaban J connectivity index is 0.000000287. The lowest BCUT2D eigenvalue weighted by molar-refractivity contribution is 0.0686. The Kier molecular flexibility index (Phi) is 12.1. The second-order valence-corrected chi connectivity index (χ2v) is 8.55. The molecule has 0 aliphatic carbocycles. The molecule has 4 rings (SSSR count). The molecular weight excluding hydrogens is 494 g/mol. The van der Waals surface area contributed by atoms with Crippen molar-refractivity contribution in [2.24, 2.45) is 5.73 Å². The molecule has 0 saturated heterocycles. The minimum absolute atomic E-state index is 0. The molecule has 0 saturated carbocycles. The standard InChI is InChI=1S/C13H15NO2.2C8H8O2.ClH/c1-8(14)4-9-2-3-10-6-12(15)13(16)7-11(10)5-9;2*1-6-2-4-7(5-3-6)8(9)10;/h2-3,5-8,15-16H,4,14H2,1H3;2*2-5H,1H3,(H,9,10);1H. The Morgan fingerprint density at radius 2 is 1.11 bits per heavy atom. The summed E-state index contributed by atoms with van der Waals surface area (Å²) in [7, 11) is 0. The third-order valence-electron chi connectivity index (χ3n) is 5.15. The number of aromatic hydroxyl groups is 2. The molecule has 0 aliphatic heterocycles. The number of hydrogen-bond acceptors (Lipinski definition) is 5. The van der Waals surface area contributed by atoms with Crippen LogP contribution in [0.1, 0.15) is 44.3 Å². The van der Waals surface area contributed by atoms with Crippen LogP contribution < -0.4 is 5.73 Å². The van der Waals surface area contributed by atoms with Gasteiger partial charge >= 0.3 is 11.9 Å². The Labute approximate surface area is 222 Å². The first-order valence-electron chi connectivity index (χ1n) is 11.3. The Morgan fingerprint density at radius 1 is 0.703 bits per heavy atom. The highest BCUT2D eigenvalue weighted by Crippen LogP contribution is 2.30. The zero-order valence-corrected chi connectivity index (χ0v) is 21.7. The molecule has 0 radical (unpaired) electrons. The van der Waals surface area contributed by atoms with E-state index in [1.165, 1.54) is 0 Å². The maximum Gasteiger partial charge on any atom is 0.335 e. The smallest absolute Gasteiger partial charge is 0.335 e. The molecular formula is C29H32ClNO6. The van der Waals surface area contributed by atoms with Crippen molar-refractivity contribution in [3.05, 3.63) is 107 Å². The van der Waals surface area contributed by atoms with Gasteiger partial charge in [-0.3, -0.25) is 0 Å². The van der Waals surface area contributed by atoms with Gasteiger partial charge in [-0.05, 0) is 79.9 Å². The zero-order chi connectivity index (χ0) is 26.8. The highest BCUT2D eigenvalue weighted by Gasteiger charge is 2.04. The molecule has 1 unspecified atom stereocenters. The number of aryl methyl sites for hydroxylation is 2. The van der Waals surface area contributed by atoms with Crippen molar-refractivity contribution in [1.82, 2.24) is 0 Å². The van der Waals surface area contributed by atoms with E-state index in [4.69, 9.17) is 15.9 Å². The molecule has 4 aromatic rings. The first-order chi connectivity index (χ1) is 17.0. The van der Waals surface area contributed by atoms with Crippen LogP contribution in [0.15, 0.2) is 78.9 Å². The number of phenols is 2. The van der Waals surface area contributed by atoms with Crippen LogP contribution in [0.3, 0.4) is 0 Å². The molecule has 7 nitrogen and oxygen atoms in total. The van der Waals surface area contributed by atoms with E-state index in [2.05, 4.69) is 0 Å². The molecule has 1 atom stereocenters. The van der Waals surface area contributed by atoms with Crippen molar-refractivity contribution in [2.45, 2.75) is 33.2 Å². The minimum Gasteiger partial charge on any atom is -0.504 e. The number of nitrogens with two attached hydrogens (primary N) is 1. The Bertz CT molecular complexity index is 1260. The van der Waals surface area contributed by atoms with Crippen molar-refractivity contribution in [2.75, 3.05) is 0 Å². The monoisotopic (exact) mass is 525 g/mol. The van der Waals surface area contributed by atoms with Crippen LogP contribution >= 0.6 is 12.4 Å². The number of hydrogen-bond donors (Lipinski definition) is 5. The number of aromatic carboxylic acids is 2. The van der Waals surface area contributed by atoms with E-state index in [1.54, 1.807) is 60.7 Å². The molecule has 0 spiro atoms. The third kappa shape index (κ3) is 10.2. The van der Waals surface area contributed by atoms with Crippen molar-refractivity contribution in [1.29, 1.82) is 0 Å². The van der Waals surface area contributed by atoms with E-state index < -0.39 is 11.9 Å². The van der Waals surface area contributed by atoms with Crippen LogP contribution in [-0.4, -0.2) is 38.4 Å². The van der Waals surface area contributed by atoms with E-state index in [1.807, 2.05) is 39.0 Å². The van der Waals surface area contributed by atoms with E-state index in [0.29, 0.717) is 11.1 Å². The summed E-state index contributed by atoms with van der Waals surface area (Å²) < 4.78 is 0. The number of rotatable bonds is 4. The van der Waals surface area contributed by atoms with Crippen molar-refractivity contribution in [3.8, 4) is 11.5 Å². The summed E-state index contributed by atoms with van der Waals surface area (Å²) in [5, 5.41) is 37.5. The lowest BCUT2D eigenvalue weighted by Gasteiger charge is -2.07. The Morgan fingerprint density at radius 3 is 1.49 bits per heavy atom. The van der Waals surface area contributed by atoms with Crippen LogP contribution in [0.2, 0.25) is 0 Å². The van der Waals surface area contributed by atoms with Crippen LogP contribution in [-0.2, 0) is 6.42 Å². The predicted molar refractivity (Wildman–Crippen MR) is 148 cm³/mol. The molecule has 37 heavy (non-hydrogen) atoms. The molecule has 0 amide bonds. The van der Waals surface area contributed by atoms with E-state index >= 15 is 0 Å². The summed E-state index contributed by atoms with van der Waals surface area (Å²) >= 11 is 0. The highest BCUT2D eigenvalue weighted by molar-refractivity contribution is 5.88. The first kappa shape index (κ1) is 31.0. The number of halogens is 1. The number of fused-ring (bicyclic) bond motifs is 1. The first-order valence-corrected chi connectivity index (χ1v) is 11.3. The second-order valence-electron chi connectivity index (χ2n) is 8.55. The second kappa shape index (κ2) is 14.5. The van der Waals surface area contributed by atoms with Gasteiger partial charge in [-0.2, -0.15) is 0 Å². The summed E-state index contributed by atoms with van der Waals surface area (Å²) in [6.45, 7) is 5.80. The largest absolute Gasteiger partial charge is 0.504 e. The SMILES string of the molecule is CC(N)Cc1ccc2cc(O)c(O)cc2c1.Cc1ccc(C(=O)O)cc1.Cc1ccc(C(=O)O)cc1.Cl. The summed E-state index contributed by atoms with van der Waals surface area (Å²) in [6.07, 6.45) is 0.803. The quantitative estimate of drug-likeness (QED) is 0.207. The normalized spacial score (nSPS) is 10.6. The molecule has 0 bridgehead atoms.